The lowest BCUT2D eigenvalue weighted by Gasteiger charge is -2.13. The van der Waals surface area contributed by atoms with E-state index >= 15 is 0 Å². The van der Waals surface area contributed by atoms with Crippen molar-refractivity contribution in [1.82, 2.24) is 24.5 Å². The van der Waals surface area contributed by atoms with Crippen LogP contribution in [0.25, 0.3) is 78.7 Å². The van der Waals surface area contributed by atoms with Crippen LogP contribution in [0.1, 0.15) is 18.4 Å². The SMILES string of the molecule is C1=CCCC(c2cccc(-c3nc(-c4ccc5nc(-c6ccccc6)oc5c4)nc(-n4c5ccccc5c5ccccc54)n3)c2)=C1. The van der Waals surface area contributed by atoms with Crippen LogP contribution in [0.4, 0.5) is 0 Å². The van der Waals surface area contributed by atoms with Crippen LogP contribution in [0, 0.1) is 0 Å². The summed E-state index contributed by atoms with van der Waals surface area (Å²) < 4.78 is 8.37. The fraction of sp³-hybridized carbons (Fsp3) is 0.0500. The van der Waals surface area contributed by atoms with Crippen molar-refractivity contribution in [2.24, 2.45) is 0 Å². The fourth-order valence-corrected chi connectivity index (χ4v) is 6.33. The van der Waals surface area contributed by atoms with Crippen LogP contribution in [0.3, 0.4) is 0 Å². The molecule has 5 aromatic carbocycles. The van der Waals surface area contributed by atoms with Crippen LogP contribution in [0.2, 0.25) is 0 Å². The van der Waals surface area contributed by atoms with E-state index in [0.29, 0.717) is 29.1 Å². The number of hydrogen-bond acceptors (Lipinski definition) is 5. The van der Waals surface area contributed by atoms with Gasteiger partial charge >= 0.3 is 0 Å². The van der Waals surface area contributed by atoms with Crippen molar-refractivity contribution in [2.45, 2.75) is 12.8 Å². The Morgan fingerprint density at radius 1 is 0.565 bits per heavy atom. The highest BCUT2D eigenvalue weighted by Gasteiger charge is 2.19. The monoisotopic (exact) mass is 593 g/mol. The highest BCUT2D eigenvalue weighted by Crippen LogP contribution is 2.34. The number of para-hydroxylation sites is 2. The first kappa shape index (κ1) is 26.3. The minimum atomic E-state index is 0.560. The number of benzene rings is 5. The van der Waals surface area contributed by atoms with Crippen LogP contribution < -0.4 is 0 Å². The summed E-state index contributed by atoms with van der Waals surface area (Å²) in [5.41, 5.74) is 8.72. The molecule has 6 heteroatoms. The largest absolute Gasteiger partial charge is 0.436 e. The molecule has 0 N–H and O–H groups in total. The molecule has 218 valence electrons. The van der Waals surface area contributed by atoms with Crippen molar-refractivity contribution in [1.29, 1.82) is 0 Å². The molecule has 0 saturated heterocycles. The van der Waals surface area contributed by atoms with Crippen LogP contribution in [-0.4, -0.2) is 24.5 Å². The fourth-order valence-electron chi connectivity index (χ4n) is 6.33. The number of aromatic nitrogens is 5. The molecule has 46 heavy (non-hydrogen) atoms. The Kier molecular flexibility index (Phi) is 6.16. The lowest BCUT2D eigenvalue weighted by Crippen LogP contribution is -2.06. The summed E-state index contributed by atoms with van der Waals surface area (Å²) >= 11 is 0. The number of hydrogen-bond donors (Lipinski definition) is 0. The molecule has 8 aromatic rings. The standard InChI is InChI=1S/C40H27N5O/c1-3-12-26(13-4-1)28-16-11-17-29(24-28)37-42-38(30-22-23-33-36(25-30)46-39(41-33)27-14-5-2-6-15-27)44-40(43-37)45-34-20-9-7-18-31(34)32-19-8-10-21-35(32)45/h1-3,5-12,14-25H,4,13H2. The van der Waals surface area contributed by atoms with Crippen molar-refractivity contribution in [2.75, 3.05) is 0 Å². The Labute approximate surface area is 265 Å². The minimum absolute atomic E-state index is 0.560. The van der Waals surface area contributed by atoms with Crippen molar-refractivity contribution in [3.05, 3.63) is 145 Å². The first-order valence-corrected chi connectivity index (χ1v) is 15.5. The van der Waals surface area contributed by atoms with Gasteiger partial charge in [-0.3, -0.25) is 4.57 Å². The van der Waals surface area contributed by atoms with E-state index in [-0.39, 0.29) is 0 Å². The quantitative estimate of drug-likeness (QED) is 0.199. The number of rotatable bonds is 5. The third-order valence-electron chi connectivity index (χ3n) is 8.58. The van der Waals surface area contributed by atoms with Crippen LogP contribution >= 0.6 is 0 Å². The number of nitrogens with zero attached hydrogens (tertiary/aromatic N) is 5. The van der Waals surface area contributed by atoms with E-state index in [0.717, 1.165) is 56.9 Å². The van der Waals surface area contributed by atoms with Gasteiger partial charge in [0.1, 0.15) is 5.52 Å². The second kappa shape index (κ2) is 10.8. The molecule has 0 saturated carbocycles. The maximum atomic E-state index is 6.23. The second-order valence-corrected chi connectivity index (χ2v) is 11.5. The van der Waals surface area contributed by atoms with Crippen molar-refractivity contribution in [3.8, 4) is 40.2 Å². The Balaban J connectivity index is 1.26. The number of oxazole rings is 1. The highest BCUT2D eigenvalue weighted by atomic mass is 16.3. The zero-order valence-corrected chi connectivity index (χ0v) is 24.8. The van der Waals surface area contributed by atoms with Gasteiger partial charge in [-0.05, 0) is 72.5 Å². The van der Waals surface area contributed by atoms with Crippen molar-refractivity contribution >= 4 is 38.5 Å². The molecule has 0 spiro atoms. The lowest BCUT2D eigenvalue weighted by molar-refractivity contribution is 0.620. The summed E-state index contributed by atoms with van der Waals surface area (Å²) in [4.78, 5) is 20.1. The van der Waals surface area contributed by atoms with E-state index in [4.69, 9.17) is 24.4 Å². The van der Waals surface area contributed by atoms with Gasteiger partial charge in [0.15, 0.2) is 17.2 Å². The number of allylic oxidation sites excluding steroid dienone is 4. The molecule has 3 aromatic heterocycles. The molecule has 3 heterocycles. The van der Waals surface area contributed by atoms with Gasteiger partial charge in [0, 0.05) is 27.5 Å². The lowest BCUT2D eigenvalue weighted by atomic mass is 9.96. The Hall–Kier alpha value is -6.14. The third-order valence-corrected chi connectivity index (χ3v) is 8.58. The molecular formula is C40H27N5O. The maximum Gasteiger partial charge on any atom is 0.238 e. The van der Waals surface area contributed by atoms with E-state index in [9.17, 15) is 0 Å². The minimum Gasteiger partial charge on any atom is -0.436 e. The molecule has 6 nitrogen and oxygen atoms in total. The van der Waals surface area contributed by atoms with E-state index < -0.39 is 0 Å². The van der Waals surface area contributed by atoms with Gasteiger partial charge in [0.05, 0.1) is 11.0 Å². The first-order chi connectivity index (χ1) is 22.8. The second-order valence-electron chi connectivity index (χ2n) is 11.5. The summed E-state index contributed by atoms with van der Waals surface area (Å²) in [6.45, 7) is 0. The van der Waals surface area contributed by atoms with E-state index in [1.807, 2.05) is 48.5 Å². The molecule has 0 fully saturated rings. The molecule has 0 atom stereocenters. The average Bonchev–Trinajstić information content (AvgIpc) is 3.71. The van der Waals surface area contributed by atoms with Crippen LogP contribution in [-0.2, 0) is 0 Å². The van der Waals surface area contributed by atoms with E-state index in [2.05, 4.69) is 95.6 Å². The van der Waals surface area contributed by atoms with E-state index in [1.165, 1.54) is 11.1 Å². The zero-order valence-electron chi connectivity index (χ0n) is 24.8. The Morgan fingerprint density at radius 2 is 1.24 bits per heavy atom. The van der Waals surface area contributed by atoms with Gasteiger partial charge in [-0.1, -0.05) is 91.0 Å². The van der Waals surface area contributed by atoms with Crippen LogP contribution in [0.5, 0.6) is 0 Å². The first-order valence-electron chi connectivity index (χ1n) is 15.5. The van der Waals surface area contributed by atoms with Gasteiger partial charge in [-0.25, -0.2) is 9.97 Å². The predicted molar refractivity (Wildman–Crippen MR) is 184 cm³/mol. The normalized spacial score (nSPS) is 13.1. The average molecular weight is 594 g/mol. The molecule has 1 aliphatic rings. The van der Waals surface area contributed by atoms with Gasteiger partial charge in [-0.15, -0.1) is 0 Å². The van der Waals surface area contributed by atoms with Gasteiger partial charge < -0.3 is 4.42 Å². The Morgan fingerprint density at radius 3 is 1.98 bits per heavy atom. The summed E-state index contributed by atoms with van der Waals surface area (Å²) in [6.07, 6.45) is 8.59. The molecule has 0 radical (unpaired) electrons. The van der Waals surface area contributed by atoms with Gasteiger partial charge in [0.2, 0.25) is 11.8 Å². The highest BCUT2D eigenvalue weighted by molar-refractivity contribution is 6.09. The summed E-state index contributed by atoms with van der Waals surface area (Å²) in [7, 11) is 0. The number of fused-ring (bicyclic) bond motifs is 4. The predicted octanol–water partition coefficient (Wildman–Crippen LogP) is 9.84. The zero-order chi connectivity index (χ0) is 30.5. The summed E-state index contributed by atoms with van der Waals surface area (Å²) in [5.74, 6) is 2.31. The topological polar surface area (TPSA) is 69.6 Å². The molecule has 1 aliphatic carbocycles. The van der Waals surface area contributed by atoms with E-state index in [1.54, 1.807) is 0 Å². The molecular weight excluding hydrogens is 566 g/mol. The summed E-state index contributed by atoms with van der Waals surface area (Å²) in [6, 6.07) is 41.2. The summed E-state index contributed by atoms with van der Waals surface area (Å²) in [5, 5.41) is 2.30. The van der Waals surface area contributed by atoms with Gasteiger partial charge in [-0.2, -0.15) is 9.97 Å². The third kappa shape index (κ3) is 4.50. The molecule has 0 aliphatic heterocycles. The van der Waals surface area contributed by atoms with Crippen molar-refractivity contribution < 1.29 is 4.42 Å². The smallest absolute Gasteiger partial charge is 0.238 e. The molecule has 9 rings (SSSR count). The van der Waals surface area contributed by atoms with Crippen molar-refractivity contribution in [3.63, 3.8) is 0 Å². The Bertz CT molecular complexity index is 2430. The molecule has 0 bridgehead atoms. The van der Waals surface area contributed by atoms with Gasteiger partial charge in [0.25, 0.3) is 0 Å². The maximum absolute atomic E-state index is 6.23. The molecule has 0 amide bonds. The molecule has 0 unspecified atom stereocenters. The van der Waals surface area contributed by atoms with Crippen LogP contribution in [0.15, 0.2) is 144 Å².